The normalized spacial score (nSPS) is 15.1. The van der Waals surface area contributed by atoms with Gasteiger partial charge in [-0.25, -0.2) is 0 Å². The van der Waals surface area contributed by atoms with E-state index in [1.807, 2.05) is 0 Å². The van der Waals surface area contributed by atoms with E-state index in [-0.39, 0.29) is 28.1 Å². The number of hydrogen-bond acceptors (Lipinski definition) is 5. The Hall–Kier alpha value is -2.50. The van der Waals surface area contributed by atoms with Gasteiger partial charge in [-0.2, -0.15) is 0 Å². The van der Waals surface area contributed by atoms with Crippen molar-refractivity contribution in [2.24, 2.45) is 0 Å². The number of aromatic hydroxyl groups is 2. The Kier molecular flexibility index (Phi) is 6.60. The first-order valence-electron chi connectivity index (χ1n) is 9.31. The topological polar surface area (TPSA) is 70.0 Å². The number of methoxy groups -OCH3 is 1. The van der Waals surface area contributed by atoms with Crippen molar-refractivity contribution in [2.75, 3.05) is 20.2 Å². The molecule has 148 valence electrons. The lowest BCUT2D eigenvalue weighted by molar-refractivity contribution is 0.104. The molecule has 0 aromatic heterocycles. The molecule has 5 nitrogen and oxygen atoms in total. The van der Waals surface area contributed by atoms with Crippen molar-refractivity contribution in [1.82, 2.24) is 4.90 Å². The molecule has 0 bridgehead atoms. The predicted molar refractivity (Wildman–Crippen MR) is 110 cm³/mol. The molecule has 1 fully saturated rings. The van der Waals surface area contributed by atoms with Crippen LogP contribution in [-0.4, -0.2) is 41.1 Å². The van der Waals surface area contributed by atoms with Crippen LogP contribution in [0.15, 0.2) is 36.4 Å². The van der Waals surface area contributed by atoms with Crippen LogP contribution in [0.1, 0.15) is 40.7 Å². The summed E-state index contributed by atoms with van der Waals surface area (Å²) in [6, 6.07) is 8.10. The zero-order valence-electron chi connectivity index (χ0n) is 15.8. The molecular formula is C22H24ClNO4. The van der Waals surface area contributed by atoms with E-state index in [4.69, 9.17) is 16.3 Å². The number of carbonyl (C=O) groups is 1. The molecule has 28 heavy (non-hydrogen) atoms. The van der Waals surface area contributed by atoms with Crippen LogP contribution in [-0.2, 0) is 6.54 Å². The third-order valence-electron chi connectivity index (χ3n) is 4.90. The highest BCUT2D eigenvalue weighted by atomic mass is 35.5. The summed E-state index contributed by atoms with van der Waals surface area (Å²) in [6.45, 7) is 2.67. The summed E-state index contributed by atoms with van der Waals surface area (Å²) < 4.78 is 5.07. The summed E-state index contributed by atoms with van der Waals surface area (Å²) >= 11 is 5.98. The summed E-state index contributed by atoms with van der Waals surface area (Å²) in [7, 11) is 1.43. The van der Waals surface area contributed by atoms with Crippen LogP contribution < -0.4 is 4.74 Å². The van der Waals surface area contributed by atoms with Gasteiger partial charge in [0.05, 0.1) is 12.1 Å². The number of likely N-dealkylation sites (tertiary alicyclic amines) is 1. The number of carbonyl (C=O) groups excluding carboxylic acids is 1. The molecule has 0 amide bonds. The molecule has 1 aliphatic rings. The van der Waals surface area contributed by atoms with Crippen LogP contribution in [0.4, 0.5) is 0 Å². The predicted octanol–water partition coefficient (Wildman–Crippen LogP) is 4.64. The van der Waals surface area contributed by atoms with Crippen molar-refractivity contribution < 1.29 is 19.7 Å². The highest BCUT2D eigenvalue weighted by Crippen LogP contribution is 2.35. The zero-order chi connectivity index (χ0) is 20.1. The van der Waals surface area contributed by atoms with Gasteiger partial charge in [0.25, 0.3) is 0 Å². The Labute approximate surface area is 169 Å². The van der Waals surface area contributed by atoms with Gasteiger partial charge in [-0.05, 0) is 67.9 Å². The number of phenolic OH excluding ortho intramolecular Hbond substituents is 2. The monoisotopic (exact) mass is 401 g/mol. The van der Waals surface area contributed by atoms with Crippen LogP contribution in [0.5, 0.6) is 17.2 Å². The highest BCUT2D eigenvalue weighted by Gasteiger charge is 2.14. The van der Waals surface area contributed by atoms with E-state index in [0.717, 1.165) is 18.7 Å². The lowest BCUT2D eigenvalue weighted by Crippen LogP contribution is -2.29. The molecule has 0 atom stereocenters. The Bertz CT molecular complexity index is 888. The fraction of sp³-hybridized carbons (Fsp3) is 0.318. The van der Waals surface area contributed by atoms with Crippen molar-refractivity contribution >= 4 is 23.5 Å². The molecule has 1 saturated heterocycles. The standard InChI is InChI=1S/C22H24ClNO4/c1-28-21-12-15(11-18(23)22(21)27)5-7-19(25)16-6-8-20(26)17(13-16)14-24-9-3-2-4-10-24/h5-8,11-13,26-27H,2-4,9-10,14H2,1H3/b7-5+. The molecule has 1 heterocycles. The smallest absolute Gasteiger partial charge is 0.185 e. The number of nitrogens with zero attached hydrogens (tertiary/aromatic N) is 1. The number of benzene rings is 2. The summed E-state index contributed by atoms with van der Waals surface area (Å²) in [5.74, 6) is 0.144. The first-order valence-corrected chi connectivity index (χ1v) is 9.69. The number of rotatable bonds is 6. The molecule has 1 aliphatic heterocycles. The third-order valence-corrected chi connectivity index (χ3v) is 5.19. The van der Waals surface area contributed by atoms with Gasteiger partial charge in [0.1, 0.15) is 5.75 Å². The Morgan fingerprint density at radius 3 is 2.64 bits per heavy atom. The SMILES string of the molecule is COc1cc(/C=C/C(=O)c2ccc(O)c(CN3CCCCC3)c2)cc(Cl)c1O. The van der Waals surface area contributed by atoms with Crippen LogP contribution >= 0.6 is 11.6 Å². The number of ether oxygens (including phenoxy) is 1. The highest BCUT2D eigenvalue weighted by molar-refractivity contribution is 6.32. The molecule has 0 spiro atoms. The van der Waals surface area contributed by atoms with E-state index in [1.54, 1.807) is 36.4 Å². The van der Waals surface area contributed by atoms with E-state index in [2.05, 4.69) is 4.90 Å². The average molecular weight is 402 g/mol. The number of halogens is 1. The molecule has 2 aromatic rings. The molecule has 2 N–H and O–H groups in total. The number of allylic oxidation sites excluding steroid dienone is 1. The summed E-state index contributed by atoms with van der Waals surface area (Å²) in [4.78, 5) is 14.9. The van der Waals surface area contributed by atoms with Gasteiger partial charge >= 0.3 is 0 Å². The first kappa shape index (κ1) is 20.2. The van der Waals surface area contributed by atoms with Crippen molar-refractivity contribution in [2.45, 2.75) is 25.8 Å². The fourth-order valence-electron chi connectivity index (χ4n) is 3.34. The van der Waals surface area contributed by atoms with Gasteiger partial charge < -0.3 is 14.9 Å². The second-order valence-corrected chi connectivity index (χ2v) is 7.34. The maximum absolute atomic E-state index is 12.6. The van der Waals surface area contributed by atoms with Crippen molar-refractivity contribution in [1.29, 1.82) is 0 Å². The largest absolute Gasteiger partial charge is 0.508 e. The van der Waals surface area contributed by atoms with Crippen molar-refractivity contribution in [3.63, 3.8) is 0 Å². The minimum absolute atomic E-state index is 0.131. The Balaban J connectivity index is 1.76. The van der Waals surface area contributed by atoms with Crippen molar-refractivity contribution in [3.05, 3.63) is 58.1 Å². The molecule has 0 unspecified atom stereocenters. The van der Waals surface area contributed by atoms with Crippen LogP contribution in [0.25, 0.3) is 6.08 Å². The second kappa shape index (κ2) is 9.13. The molecule has 2 aromatic carbocycles. The first-order chi connectivity index (χ1) is 13.5. The maximum atomic E-state index is 12.6. The molecule has 0 radical (unpaired) electrons. The number of piperidine rings is 1. The van der Waals surface area contributed by atoms with E-state index in [0.29, 0.717) is 17.7 Å². The number of ketones is 1. The van der Waals surface area contributed by atoms with Gasteiger partial charge in [-0.15, -0.1) is 0 Å². The minimum Gasteiger partial charge on any atom is -0.508 e. The number of phenols is 2. The van der Waals surface area contributed by atoms with Gasteiger partial charge in [0, 0.05) is 17.7 Å². The molecule has 0 aliphatic carbocycles. The Morgan fingerprint density at radius 2 is 1.93 bits per heavy atom. The second-order valence-electron chi connectivity index (χ2n) is 6.93. The Morgan fingerprint density at radius 1 is 1.18 bits per heavy atom. The zero-order valence-corrected chi connectivity index (χ0v) is 16.6. The molecular weight excluding hydrogens is 378 g/mol. The lowest BCUT2D eigenvalue weighted by atomic mass is 10.0. The molecule has 3 rings (SSSR count). The van der Waals surface area contributed by atoms with Gasteiger partial charge in [0.2, 0.25) is 0 Å². The summed E-state index contributed by atoms with van der Waals surface area (Å²) in [5.41, 5.74) is 1.91. The van der Waals surface area contributed by atoms with Crippen molar-refractivity contribution in [3.8, 4) is 17.2 Å². The van der Waals surface area contributed by atoms with E-state index in [9.17, 15) is 15.0 Å². The molecule has 6 heteroatoms. The van der Waals surface area contributed by atoms with Crippen LogP contribution in [0.3, 0.4) is 0 Å². The van der Waals surface area contributed by atoms with Crippen LogP contribution in [0.2, 0.25) is 5.02 Å². The number of hydrogen-bond donors (Lipinski definition) is 2. The third kappa shape index (κ3) is 4.86. The summed E-state index contributed by atoms with van der Waals surface area (Å²) in [6.07, 6.45) is 6.64. The van der Waals surface area contributed by atoms with Gasteiger partial charge in [-0.1, -0.05) is 24.1 Å². The van der Waals surface area contributed by atoms with Crippen LogP contribution in [0, 0.1) is 0 Å². The van der Waals surface area contributed by atoms with Gasteiger partial charge in [-0.3, -0.25) is 9.69 Å². The van der Waals surface area contributed by atoms with E-state index >= 15 is 0 Å². The van der Waals surface area contributed by atoms with E-state index in [1.165, 1.54) is 32.4 Å². The summed E-state index contributed by atoms with van der Waals surface area (Å²) in [5, 5.41) is 20.1. The lowest BCUT2D eigenvalue weighted by Gasteiger charge is -2.26. The molecule has 0 saturated carbocycles. The van der Waals surface area contributed by atoms with E-state index < -0.39 is 0 Å². The fourth-order valence-corrected chi connectivity index (χ4v) is 3.56. The quantitative estimate of drug-likeness (QED) is 0.545. The van der Waals surface area contributed by atoms with Gasteiger partial charge in [0.15, 0.2) is 17.3 Å². The maximum Gasteiger partial charge on any atom is 0.185 e. The minimum atomic E-state index is -0.178. The average Bonchev–Trinajstić information content (AvgIpc) is 2.71.